The molecule has 5 nitrogen and oxygen atoms in total. The standard InChI is InChI=1S/C23H44O5Si/c1-8-9-13-17-18(22(2,3)4)16-20(25)23(17,28-29(6)7)19(24)14-11-10-12-15-21(26)27-5/h17-19,24,29H,8-16H2,1-7H3. The van der Waals surface area contributed by atoms with Crippen molar-refractivity contribution in [1.82, 2.24) is 0 Å². The smallest absolute Gasteiger partial charge is 0.305 e. The zero-order valence-electron chi connectivity index (χ0n) is 19.8. The fourth-order valence-corrected chi connectivity index (χ4v) is 6.15. The number of unbranched alkanes of at least 4 members (excludes halogenated alkanes) is 3. The van der Waals surface area contributed by atoms with Crippen molar-refractivity contribution < 1.29 is 23.9 Å². The van der Waals surface area contributed by atoms with E-state index in [0.717, 1.165) is 38.5 Å². The van der Waals surface area contributed by atoms with Gasteiger partial charge in [0.05, 0.1) is 13.2 Å². The molecule has 0 aromatic carbocycles. The molecule has 0 heterocycles. The number of carbonyl (C=O) groups excluding carboxylic acids is 2. The van der Waals surface area contributed by atoms with Crippen molar-refractivity contribution in [3.8, 4) is 0 Å². The summed E-state index contributed by atoms with van der Waals surface area (Å²) in [5.74, 6) is 0.190. The fourth-order valence-electron chi connectivity index (χ4n) is 4.91. The number of methoxy groups -OCH3 is 1. The highest BCUT2D eigenvalue weighted by molar-refractivity contribution is 6.48. The summed E-state index contributed by atoms with van der Waals surface area (Å²) >= 11 is 0. The minimum Gasteiger partial charge on any atom is -0.469 e. The lowest BCUT2D eigenvalue weighted by molar-refractivity contribution is -0.149. The molecule has 0 saturated heterocycles. The lowest BCUT2D eigenvalue weighted by Crippen LogP contribution is -2.56. The molecule has 0 aromatic heterocycles. The van der Waals surface area contributed by atoms with Crippen molar-refractivity contribution in [2.24, 2.45) is 17.3 Å². The molecule has 4 unspecified atom stereocenters. The first kappa shape index (κ1) is 26.3. The number of aliphatic hydroxyl groups is 1. The molecule has 170 valence electrons. The average Bonchev–Trinajstić information content (AvgIpc) is 2.91. The van der Waals surface area contributed by atoms with Crippen LogP contribution in [0.15, 0.2) is 0 Å². The zero-order valence-corrected chi connectivity index (χ0v) is 20.9. The van der Waals surface area contributed by atoms with E-state index in [1.54, 1.807) is 0 Å². The molecule has 0 bridgehead atoms. The number of aliphatic hydroxyl groups excluding tert-OH is 1. The molecular formula is C23H44O5Si. The third-order valence-electron chi connectivity index (χ3n) is 6.37. The van der Waals surface area contributed by atoms with Gasteiger partial charge >= 0.3 is 5.97 Å². The van der Waals surface area contributed by atoms with Crippen LogP contribution in [0.3, 0.4) is 0 Å². The van der Waals surface area contributed by atoms with E-state index in [0.29, 0.717) is 19.3 Å². The third kappa shape index (κ3) is 6.89. The first-order valence-electron chi connectivity index (χ1n) is 11.5. The molecule has 29 heavy (non-hydrogen) atoms. The predicted molar refractivity (Wildman–Crippen MR) is 119 cm³/mol. The van der Waals surface area contributed by atoms with Gasteiger partial charge in [-0.3, -0.25) is 9.59 Å². The molecule has 4 atom stereocenters. The van der Waals surface area contributed by atoms with Gasteiger partial charge in [-0.05, 0) is 43.7 Å². The largest absolute Gasteiger partial charge is 0.469 e. The maximum atomic E-state index is 13.4. The van der Waals surface area contributed by atoms with E-state index in [-0.39, 0.29) is 29.0 Å². The Hall–Kier alpha value is -0.723. The van der Waals surface area contributed by atoms with Crippen LogP contribution in [0.5, 0.6) is 0 Å². The number of carbonyl (C=O) groups is 2. The molecular weight excluding hydrogens is 384 g/mol. The molecule has 0 spiro atoms. The first-order chi connectivity index (χ1) is 13.5. The van der Waals surface area contributed by atoms with E-state index < -0.39 is 20.7 Å². The van der Waals surface area contributed by atoms with Crippen LogP contribution < -0.4 is 0 Å². The second-order valence-corrected chi connectivity index (χ2v) is 12.3. The van der Waals surface area contributed by atoms with Crippen LogP contribution in [0.1, 0.15) is 85.5 Å². The molecule has 0 amide bonds. The summed E-state index contributed by atoms with van der Waals surface area (Å²) in [6, 6.07) is 0. The Balaban J connectivity index is 3.01. The minimum atomic E-state index is -1.55. The van der Waals surface area contributed by atoms with Crippen molar-refractivity contribution in [3.05, 3.63) is 0 Å². The Bertz CT molecular complexity index is 528. The van der Waals surface area contributed by atoms with Crippen LogP contribution in [0, 0.1) is 17.3 Å². The highest BCUT2D eigenvalue weighted by Gasteiger charge is 2.61. The normalized spacial score (nSPS) is 26.2. The van der Waals surface area contributed by atoms with Crippen LogP contribution in [0.2, 0.25) is 13.1 Å². The van der Waals surface area contributed by atoms with Gasteiger partial charge in [0.1, 0.15) is 5.60 Å². The van der Waals surface area contributed by atoms with E-state index in [9.17, 15) is 14.7 Å². The summed E-state index contributed by atoms with van der Waals surface area (Å²) in [6.07, 6.45) is 6.03. The number of ketones is 1. The van der Waals surface area contributed by atoms with Gasteiger partial charge in [-0.1, -0.05) is 53.4 Å². The van der Waals surface area contributed by atoms with Crippen LogP contribution in [-0.2, 0) is 18.8 Å². The van der Waals surface area contributed by atoms with E-state index in [4.69, 9.17) is 4.43 Å². The summed E-state index contributed by atoms with van der Waals surface area (Å²) < 4.78 is 11.2. The minimum absolute atomic E-state index is 0.00204. The third-order valence-corrected chi connectivity index (χ3v) is 7.23. The van der Waals surface area contributed by atoms with E-state index in [2.05, 4.69) is 45.5 Å². The summed E-state index contributed by atoms with van der Waals surface area (Å²) in [7, 11) is -0.147. The molecule has 0 aromatic rings. The average molecular weight is 429 g/mol. The molecule has 1 fully saturated rings. The fraction of sp³-hybridized carbons (Fsp3) is 0.913. The molecule has 1 aliphatic carbocycles. The van der Waals surface area contributed by atoms with Crippen LogP contribution >= 0.6 is 0 Å². The van der Waals surface area contributed by atoms with E-state index in [1.807, 2.05) is 0 Å². The Morgan fingerprint density at radius 3 is 2.41 bits per heavy atom. The maximum Gasteiger partial charge on any atom is 0.305 e. The molecule has 1 N–H and O–H groups in total. The van der Waals surface area contributed by atoms with E-state index >= 15 is 0 Å². The maximum absolute atomic E-state index is 13.4. The van der Waals surface area contributed by atoms with Crippen LogP contribution in [0.4, 0.5) is 0 Å². The van der Waals surface area contributed by atoms with Gasteiger partial charge in [-0.25, -0.2) is 0 Å². The monoisotopic (exact) mass is 428 g/mol. The van der Waals surface area contributed by atoms with Gasteiger partial charge in [0.2, 0.25) is 0 Å². The molecule has 0 radical (unpaired) electrons. The molecule has 1 aliphatic rings. The van der Waals surface area contributed by atoms with Gasteiger partial charge in [-0.2, -0.15) is 0 Å². The van der Waals surface area contributed by atoms with Gasteiger partial charge in [0, 0.05) is 18.8 Å². The summed E-state index contributed by atoms with van der Waals surface area (Å²) in [4.78, 5) is 24.7. The zero-order chi connectivity index (χ0) is 22.2. The summed E-state index contributed by atoms with van der Waals surface area (Å²) in [5, 5.41) is 11.3. The number of ether oxygens (including phenoxy) is 1. The highest BCUT2D eigenvalue weighted by Crippen LogP contribution is 2.52. The Kier molecular flexibility index (Phi) is 10.5. The molecule has 6 heteroatoms. The number of hydrogen-bond acceptors (Lipinski definition) is 5. The number of Topliss-reactive ketones (excluding diaryl/α,β-unsaturated/α-hetero) is 1. The molecule has 0 aliphatic heterocycles. The van der Waals surface area contributed by atoms with Crippen LogP contribution in [-0.4, -0.2) is 44.7 Å². The molecule has 1 saturated carbocycles. The van der Waals surface area contributed by atoms with Gasteiger partial charge in [0.15, 0.2) is 14.8 Å². The van der Waals surface area contributed by atoms with Gasteiger partial charge < -0.3 is 14.3 Å². The summed E-state index contributed by atoms with van der Waals surface area (Å²) in [6.45, 7) is 12.9. The quantitative estimate of drug-likeness (QED) is 0.278. The SMILES string of the molecule is CCCCC1C(C(C)(C)C)CC(=O)C1(O[SiH](C)C)C(O)CCCCCC(=O)OC. The van der Waals surface area contributed by atoms with Crippen molar-refractivity contribution in [2.45, 2.75) is 110 Å². The Morgan fingerprint density at radius 1 is 1.24 bits per heavy atom. The van der Waals surface area contributed by atoms with Crippen molar-refractivity contribution in [3.63, 3.8) is 0 Å². The number of esters is 1. The van der Waals surface area contributed by atoms with Crippen molar-refractivity contribution in [1.29, 1.82) is 0 Å². The molecule has 1 rings (SSSR count). The number of rotatable bonds is 12. The van der Waals surface area contributed by atoms with E-state index in [1.165, 1.54) is 7.11 Å². The van der Waals surface area contributed by atoms with Gasteiger partial charge in [-0.15, -0.1) is 0 Å². The Morgan fingerprint density at radius 2 is 1.90 bits per heavy atom. The van der Waals surface area contributed by atoms with Crippen LogP contribution in [0.25, 0.3) is 0 Å². The second kappa shape index (κ2) is 11.6. The van der Waals surface area contributed by atoms with Crippen molar-refractivity contribution >= 4 is 20.8 Å². The second-order valence-electron chi connectivity index (χ2n) is 10.00. The van der Waals surface area contributed by atoms with Crippen molar-refractivity contribution in [2.75, 3.05) is 7.11 Å². The predicted octanol–water partition coefficient (Wildman–Crippen LogP) is 4.65. The lowest BCUT2D eigenvalue weighted by atomic mass is 9.69. The summed E-state index contributed by atoms with van der Waals surface area (Å²) in [5.41, 5.74) is -1.05. The topological polar surface area (TPSA) is 72.8 Å². The van der Waals surface area contributed by atoms with Gasteiger partial charge in [0.25, 0.3) is 0 Å². The highest BCUT2D eigenvalue weighted by atomic mass is 28.3. The Labute approximate surface area is 179 Å². The lowest BCUT2D eigenvalue weighted by Gasteiger charge is -2.44. The number of hydrogen-bond donors (Lipinski definition) is 1. The first-order valence-corrected chi connectivity index (χ1v) is 14.2.